The Hall–Kier alpha value is -2.28. The van der Waals surface area contributed by atoms with Gasteiger partial charge in [0, 0.05) is 16.2 Å². The molecule has 0 aliphatic heterocycles. The van der Waals surface area contributed by atoms with Gasteiger partial charge in [0.1, 0.15) is 11.2 Å². The summed E-state index contributed by atoms with van der Waals surface area (Å²) < 4.78 is 6.28. The summed E-state index contributed by atoms with van der Waals surface area (Å²) in [5.74, 6) is 0. The van der Waals surface area contributed by atoms with E-state index >= 15 is 0 Å². The van der Waals surface area contributed by atoms with E-state index in [-0.39, 0.29) is 5.41 Å². The van der Waals surface area contributed by atoms with Gasteiger partial charge in [0.2, 0.25) is 0 Å². The quantitative estimate of drug-likeness (QED) is 0.386. The van der Waals surface area contributed by atoms with Crippen LogP contribution in [-0.2, 0) is 11.8 Å². The van der Waals surface area contributed by atoms with Crippen molar-refractivity contribution < 1.29 is 4.42 Å². The van der Waals surface area contributed by atoms with Gasteiger partial charge in [0.25, 0.3) is 0 Å². The number of aryl methyl sites for hydroxylation is 1. The van der Waals surface area contributed by atoms with Gasteiger partial charge in [-0.2, -0.15) is 0 Å². The summed E-state index contributed by atoms with van der Waals surface area (Å²) in [6, 6.07) is 17.7. The lowest BCUT2D eigenvalue weighted by Crippen LogP contribution is -2.10. The predicted molar refractivity (Wildman–Crippen MR) is 99.3 cm³/mol. The Morgan fingerprint density at radius 2 is 1.57 bits per heavy atom. The van der Waals surface area contributed by atoms with Gasteiger partial charge >= 0.3 is 0 Å². The maximum Gasteiger partial charge on any atom is 0.143 e. The maximum atomic E-state index is 6.28. The normalized spacial score (nSPS) is 12.5. The van der Waals surface area contributed by atoms with E-state index in [1.54, 1.807) is 0 Å². The van der Waals surface area contributed by atoms with Gasteiger partial charge in [-0.15, -0.1) is 0 Å². The smallest absolute Gasteiger partial charge is 0.143 e. The second kappa shape index (κ2) is 4.86. The molecule has 1 heteroatoms. The van der Waals surface area contributed by atoms with Crippen molar-refractivity contribution in [2.75, 3.05) is 0 Å². The van der Waals surface area contributed by atoms with Gasteiger partial charge in [-0.1, -0.05) is 64.1 Å². The summed E-state index contributed by atoms with van der Waals surface area (Å²) in [7, 11) is 0. The number of rotatable bonds is 1. The third-order valence-corrected chi connectivity index (χ3v) is 4.79. The zero-order valence-corrected chi connectivity index (χ0v) is 14.2. The van der Waals surface area contributed by atoms with Crippen molar-refractivity contribution in [3.8, 4) is 0 Å². The second-order valence-corrected chi connectivity index (χ2v) is 7.41. The highest BCUT2D eigenvalue weighted by molar-refractivity contribution is 6.15. The SMILES string of the molecule is CCc1ccc2c(ccc3c4ccc(C(C)(C)C)cc4oc23)c1. The first-order valence-corrected chi connectivity index (χ1v) is 8.36. The molecule has 0 aliphatic carbocycles. The third kappa shape index (κ3) is 2.23. The minimum atomic E-state index is 0.130. The summed E-state index contributed by atoms with van der Waals surface area (Å²) in [4.78, 5) is 0. The number of benzene rings is 3. The molecular weight excluding hydrogens is 280 g/mol. The van der Waals surface area contributed by atoms with Crippen molar-refractivity contribution in [3.63, 3.8) is 0 Å². The van der Waals surface area contributed by atoms with Crippen LogP contribution >= 0.6 is 0 Å². The molecule has 0 atom stereocenters. The fraction of sp³-hybridized carbons (Fsp3) is 0.273. The number of hydrogen-bond acceptors (Lipinski definition) is 1. The Morgan fingerprint density at radius 3 is 2.30 bits per heavy atom. The van der Waals surface area contributed by atoms with Gasteiger partial charge < -0.3 is 4.42 Å². The molecule has 3 aromatic carbocycles. The molecule has 0 N–H and O–H groups in total. The Labute approximate surface area is 136 Å². The summed E-state index contributed by atoms with van der Waals surface area (Å²) >= 11 is 0. The molecule has 0 radical (unpaired) electrons. The zero-order chi connectivity index (χ0) is 16.2. The Bertz CT molecular complexity index is 1030. The van der Waals surface area contributed by atoms with E-state index in [0.29, 0.717) is 0 Å². The van der Waals surface area contributed by atoms with Crippen molar-refractivity contribution in [3.05, 3.63) is 59.7 Å². The average molecular weight is 302 g/mol. The Kier molecular flexibility index (Phi) is 3.02. The van der Waals surface area contributed by atoms with E-state index in [0.717, 1.165) is 17.6 Å². The topological polar surface area (TPSA) is 13.1 Å². The molecule has 0 aliphatic rings. The van der Waals surface area contributed by atoms with Crippen molar-refractivity contribution >= 4 is 32.7 Å². The monoisotopic (exact) mass is 302 g/mol. The second-order valence-electron chi connectivity index (χ2n) is 7.41. The van der Waals surface area contributed by atoms with Crippen LogP contribution in [0.3, 0.4) is 0 Å². The molecule has 4 rings (SSSR count). The van der Waals surface area contributed by atoms with Gasteiger partial charge in [0.05, 0.1) is 0 Å². The zero-order valence-electron chi connectivity index (χ0n) is 14.2. The largest absolute Gasteiger partial charge is 0.455 e. The van der Waals surface area contributed by atoms with Crippen LogP contribution < -0.4 is 0 Å². The third-order valence-electron chi connectivity index (χ3n) is 4.79. The fourth-order valence-electron chi connectivity index (χ4n) is 3.30. The van der Waals surface area contributed by atoms with Gasteiger partial charge in [-0.3, -0.25) is 0 Å². The minimum absolute atomic E-state index is 0.130. The molecule has 23 heavy (non-hydrogen) atoms. The average Bonchev–Trinajstić information content (AvgIpc) is 2.91. The molecular formula is C22H22O. The first kappa shape index (κ1) is 14.3. The van der Waals surface area contributed by atoms with Crippen molar-refractivity contribution in [1.29, 1.82) is 0 Å². The molecule has 1 nitrogen and oxygen atoms in total. The van der Waals surface area contributed by atoms with Crippen LogP contribution in [0.1, 0.15) is 38.8 Å². The fourth-order valence-corrected chi connectivity index (χ4v) is 3.30. The molecule has 1 aromatic heterocycles. The lowest BCUT2D eigenvalue weighted by atomic mass is 9.86. The summed E-state index contributed by atoms with van der Waals surface area (Å²) in [6.45, 7) is 8.89. The van der Waals surface area contributed by atoms with Crippen LogP contribution in [0.25, 0.3) is 32.7 Å². The number of hydrogen-bond donors (Lipinski definition) is 0. The highest BCUT2D eigenvalue weighted by Crippen LogP contribution is 2.36. The molecule has 0 saturated heterocycles. The minimum Gasteiger partial charge on any atom is -0.455 e. The first-order valence-electron chi connectivity index (χ1n) is 8.36. The van der Waals surface area contributed by atoms with Gasteiger partial charge in [-0.25, -0.2) is 0 Å². The molecule has 1 heterocycles. The summed E-state index contributed by atoms with van der Waals surface area (Å²) in [5.41, 5.74) is 4.79. The molecule has 0 fully saturated rings. The standard InChI is InChI=1S/C22H22O/c1-5-14-6-9-17-15(12-14)7-10-19-18-11-8-16(22(2,3)4)13-20(18)23-21(17)19/h6-13H,5H2,1-4H3. The molecule has 0 spiro atoms. The summed E-state index contributed by atoms with van der Waals surface area (Å²) in [6.07, 6.45) is 1.06. The van der Waals surface area contributed by atoms with E-state index in [1.807, 2.05) is 0 Å². The molecule has 0 bridgehead atoms. The molecule has 116 valence electrons. The summed E-state index contributed by atoms with van der Waals surface area (Å²) in [5, 5.41) is 4.87. The molecule has 0 amide bonds. The van der Waals surface area contributed by atoms with E-state index in [2.05, 4.69) is 76.2 Å². The van der Waals surface area contributed by atoms with Crippen LogP contribution in [0.2, 0.25) is 0 Å². The predicted octanol–water partition coefficient (Wildman–Crippen LogP) is 6.60. The van der Waals surface area contributed by atoms with Crippen LogP contribution in [0.5, 0.6) is 0 Å². The van der Waals surface area contributed by atoms with E-state index in [4.69, 9.17) is 4.42 Å². The van der Waals surface area contributed by atoms with Crippen LogP contribution in [0.4, 0.5) is 0 Å². The highest BCUT2D eigenvalue weighted by atomic mass is 16.3. The Balaban J connectivity index is 2.05. The van der Waals surface area contributed by atoms with Crippen LogP contribution in [0.15, 0.2) is 52.9 Å². The maximum absolute atomic E-state index is 6.28. The number of fused-ring (bicyclic) bond motifs is 5. The van der Waals surface area contributed by atoms with Crippen molar-refractivity contribution in [2.45, 2.75) is 39.5 Å². The van der Waals surface area contributed by atoms with Crippen LogP contribution in [-0.4, -0.2) is 0 Å². The Morgan fingerprint density at radius 1 is 0.826 bits per heavy atom. The van der Waals surface area contributed by atoms with Crippen molar-refractivity contribution in [2.24, 2.45) is 0 Å². The highest BCUT2D eigenvalue weighted by Gasteiger charge is 2.16. The number of furan rings is 1. The molecule has 0 unspecified atom stereocenters. The van der Waals surface area contributed by atoms with Crippen LogP contribution in [0, 0.1) is 0 Å². The lowest BCUT2D eigenvalue weighted by molar-refractivity contribution is 0.588. The van der Waals surface area contributed by atoms with E-state index in [9.17, 15) is 0 Å². The van der Waals surface area contributed by atoms with Gasteiger partial charge in [0.15, 0.2) is 0 Å². The van der Waals surface area contributed by atoms with Crippen molar-refractivity contribution in [1.82, 2.24) is 0 Å². The van der Waals surface area contributed by atoms with E-state index in [1.165, 1.54) is 32.7 Å². The molecule has 0 saturated carbocycles. The lowest BCUT2D eigenvalue weighted by Gasteiger charge is -2.18. The van der Waals surface area contributed by atoms with E-state index < -0.39 is 0 Å². The van der Waals surface area contributed by atoms with Gasteiger partial charge in [-0.05, 0) is 40.5 Å². The molecule has 4 aromatic rings. The first-order chi connectivity index (χ1) is 11.0.